The second-order valence-electron chi connectivity index (χ2n) is 5.34. The van der Waals surface area contributed by atoms with Gasteiger partial charge in [0, 0.05) is 45.8 Å². The lowest BCUT2D eigenvalue weighted by atomic mass is 10.0. The van der Waals surface area contributed by atoms with Crippen LogP contribution in [0.2, 0.25) is 0 Å². The molecule has 8 heteroatoms. The van der Waals surface area contributed by atoms with Gasteiger partial charge >= 0.3 is 0 Å². The number of ether oxygens (including phenoxy) is 5. The van der Waals surface area contributed by atoms with Crippen molar-refractivity contribution in [3.05, 3.63) is 36.4 Å². The van der Waals surface area contributed by atoms with E-state index in [2.05, 4.69) is 10.1 Å². The van der Waals surface area contributed by atoms with Crippen LogP contribution in [0.4, 0.5) is 5.69 Å². The van der Waals surface area contributed by atoms with Crippen LogP contribution >= 0.6 is 0 Å². The molecule has 0 aliphatic carbocycles. The molecule has 0 radical (unpaired) electrons. The summed E-state index contributed by atoms with van der Waals surface area (Å²) in [5.41, 5.74) is 2.08. The zero-order valence-corrected chi connectivity index (χ0v) is 16.6. The lowest BCUT2D eigenvalue weighted by Crippen LogP contribution is -2.04. The molecule has 2 aromatic rings. The molecule has 0 saturated carbocycles. The summed E-state index contributed by atoms with van der Waals surface area (Å²) >= 11 is 0. The summed E-state index contributed by atoms with van der Waals surface area (Å²) in [7, 11) is 4.69. The van der Waals surface area contributed by atoms with Crippen molar-refractivity contribution >= 4 is 12.1 Å². The van der Waals surface area contributed by atoms with Crippen molar-refractivity contribution < 1.29 is 33.6 Å². The highest BCUT2D eigenvalue weighted by atomic mass is 16.7. The monoisotopic (exact) mass is 393 g/mol. The van der Waals surface area contributed by atoms with Gasteiger partial charge in [-0.15, -0.1) is 0 Å². The van der Waals surface area contributed by atoms with Gasteiger partial charge in [0.2, 0.25) is 6.41 Å². The first-order valence-corrected chi connectivity index (χ1v) is 8.51. The molecule has 0 atom stereocenters. The van der Waals surface area contributed by atoms with Gasteiger partial charge in [0.1, 0.15) is 17.2 Å². The highest BCUT2D eigenvalue weighted by Crippen LogP contribution is 2.42. The standard InChI is InChI=1S/C17H19NO6.C3H8O/c1-21-10-23-15-7-14(20)8-16(24-11-22-2)17(15)12-3-5-13(6-4-12)18-9-19;1-3-4-2/h3-9,20H,10-11H2,1-2H3,(H,18,19);3H2,1-2H3. The number of methoxy groups -OCH3 is 3. The summed E-state index contributed by atoms with van der Waals surface area (Å²) in [6, 6.07) is 10.1. The molecule has 28 heavy (non-hydrogen) atoms. The van der Waals surface area contributed by atoms with Crippen LogP contribution in [-0.2, 0) is 19.0 Å². The van der Waals surface area contributed by atoms with E-state index in [0.717, 1.165) is 12.2 Å². The molecule has 2 rings (SSSR count). The number of nitrogens with one attached hydrogen (secondary N) is 1. The molecule has 0 heterocycles. The quantitative estimate of drug-likeness (QED) is 0.472. The average molecular weight is 393 g/mol. The smallest absolute Gasteiger partial charge is 0.211 e. The molecule has 0 aromatic heterocycles. The number of hydrogen-bond donors (Lipinski definition) is 2. The van der Waals surface area contributed by atoms with Crippen molar-refractivity contribution in [3.8, 4) is 28.4 Å². The molecule has 0 spiro atoms. The van der Waals surface area contributed by atoms with E-state index in [1.807, 2.05) is 6.92 Å². The van der Waals surface area contributed by atoms with Gasteiger partial charge in [-0.05, 0) is 24.6 Å². The van der Waals surface area contributed by atoms with E-state index in [1.54, 1.807) is 31.4 Å². The van der Waals surface area contributed by atoms with Gasteiger partial charge in [0.25, 0.3) is 0 Å². The maximum absolute atomic E-state index is 10.5. The summed E-state index contributed by atoms with van der Waals surface area (Å²) in [6.45, 7) is 2.82. The predicted octanol–water partition coefficient (Wildman–Crippen LogP) is 3.25. The Morgan fingerprint density at radius 1 is 0.929 bits per heavy atom. The van der Waals surface area contributed by atoms with E-state index in [9.17, 15) is 9.90 Å². The molecule has 8 nitrogen and oxygen atoms in total. The average Bonchev–Trinajstić information content (AvgIpc) is 2.71. The second-order valence-corrected chi connectivity index (χ2v) is 5.34. The van der Waals surface area contributed by atoms with Crippen LogP contribution in [0.5, 0.6) is 17.2 Å². The van der Waals surface area contributed by atoms with Gasteiger partial charge < -0.3 is 34.1 Å². The zero-order chi connectivity index (χ0) is 20.8. The molecular formula is C20H27NO7. The van der Waals surface area contributed by atoms with Crippen LogP contribution in [0.15, 0.2) is 36.4 Å². The third-order valence-electron chi connectivity index (χ3n) is 3.40. The number of hydrogen-bond acceptors (Lipinski definition) is 7. The zero-order valence-electron chi connectivity index (χ0n) is 16.6. The fraction of sp³-hybridized carbons (Fsp3) is 0.350. The second kappa shape index (κ2) is 13.4. The molecule has 154 valence electrons. The van der Waals surface area contributed by atoms with Crippen LogP contribution < -0.4 is 14.8 Å². The molecule has 2 aromatic carbocycles. The molecule has 0 fully saturated rings. The van der Waals surface area contributed by atoms with Crippen LogP contribution in [0.1, 0.15) is 6.92 Å². The van der Waals surface area contributed by atoms with Crippen molar-refractivity contribution in [3.63, 3.8) is 0 Å². The minimum Gasteiger partial charge on any atom is -0.508 e. The minimum absolute atomic E-state index is 0.00445. The topological polar surface area (TPSA) is 95.5 Å². The third kappa shape index (κ3) is 7.43. The van der Waals surface area contributed by atoms with Crippen LogP contribution in [-0.4, -0.2) is 53.0 Å². The minimum atomic E-state index is -0.00445. The summed E-state index contributed by atoms with van der Waals surface area (Å²) in [4.78, 5) is 10.5. The van der Waals surface area contributed by atoms with Gasteiger partial charge in [0.15, 0.2) is 13.6 Å². The number of carbonyl (C=O) groups is 1. The molecule has 0 saturated heterocycles. The van der Waals surface area contributed by atoms with E-state index in [-0.39, 0.29) is 19.3 Å². The first-order chi connectivity index (χ1) is 13.6. The molecule has 2 N–H and O–H groups in total. The van der Waals surface area contributed by atoms with Gasteiger partial charge in [-0.1, -0.05) is 12.1 Å². The number of phenols is 1. The largest absolute Gasteiger partial charge is 0.508 e. The summed E-state index contributed by atoms with van der Waals surface area (Å²) in [5.74, 6) is 0.799. The predicted molar refractivity (Wildman–Crippen MR) is 106 cm³/mol. The number of amides is 1. The molecule has 0 bridgehead atoms. The van der Waals surface area contributed by atoms with E-state index in [1.165, 1.54) is 26.4 Å². The van der Waals surface area contributed by atoms with Crippen LogP contribution in [0, 0.1) is 0 Å². The molecule has 0 aliphatic heterocycles. The summed E-state index contributed by atoms with van der Waals surface area (Å²) in [5, 5.41) is 12.5. The molecule has 0 aliphatic rings. The SMILES string of the molecule is CCOC.COCOc1cc(O)cc(OCOC)c1-c1ccc(NC=O)cc1. The first kappa shape index (κ1) is 23.2. The summed E-state index contributed by atoms with van der Waals surface area (Å²) in [6.07, 6.45) is 0.607. The third-order valence-corrected chi connectivity index (χ3v) is 3.40. The molecule has 1 amide bonds. The Labute approximate surface area is 164 Å². The van der Waals surface area contributed by atoms with Crippen molar-refractivity contribution in [1.82, 2.24) is 0 Å². The Morgan fingerprint density at radius 2 is 1.43 bits per heavy atom. The number of phenolic OH excluding ortho intramolecular Hbond substituents is 1. The Morgan fingerprint density at radius 3 is 1.82 bits per heavy atom. The van der Waals surface area contributed by atoms with E-state index in [0.29, 0.717) is 29.2 Å². The lowest BCUT2D eigenvalue weighted by Gasteiger charge is -2.17. The van der Waals surface area contributed by atoms with Crippen molar-refractivity contribution in [1.29, 1.82) is 0 Å². The Kier molecular flexibility index (Phi) is 11.1. The van der Waals surface area contributed by atoms with E-state index in [4.69, 9.17) is 18.9 Å². The fourth-order valence-corrected chi connectivity index (χ4v) is 2.13. The highest BCUT2D eigenvalue weighted by molar-refractivity contribution is 5.80. The van der Waals surface area contributed by atoms with Crippen LogP contribution in [0.3, 0.4) is 0 Å². The normalized spacial score (nSPS) is 9.86. The van der Waals surface area contributed by atoms with Gasteiger partial charge in [-0.2, -0.15) is 0 Å². The highest BCUT2D eigenvalue weighted by Gasteiger charge is 2.16. The number of rotatable bonds is 10. The molecular weight excluding hydrogens is 366 g/mol. The maximum Gasteiger partial charge on any atom is 0.211 e. The number of benzene rings is 2. The Balaban J connectivity index is 0.000000892. The van der Waals surface area contributed by atoms with Crippen molar-refractivity contribution in [2.24, 2.45) is 0 Å². The maximum atomic E-state index is 10.5. The van der Waals surface area contributed by atoms with Crippen LogP contribution in [0.25, 0.3) is 11.1 Å². The van der Waals surface area contributed by atoms with E-state index >= 15 is 0 Å². The number of carbonyl (C=O) groups excluding carboxylic acids is 1. The van der Waals surface area contributed by atoms with Crippen molar-refractivity contribution in [2.45, 2.75) is 6.92 Å². The van der Waals surface area contributed by atoms with Gasteiger partial charge in [-0.3, -0.25) is 4.79 Å². The number of anilines is 1. The first-order valence-electron chi connectivity index (χ1n) is 8.51. The van der Waals surface area contributed by atoms with Gasteiger partial charge in [-0.25, -0.2) is 0 Å². The summed E-state index contributed by atoms with van der Waals surface area (Å²) < 4.78 is 25.5. The lowest BCUT2D eigenvalue weighted by molar-refractivity contribution is -0.105. The number of aromatic hydroxyl groups is 1. The Hall–Kier alpha value is -2.81. The molecule has 0 unspecified atom stereocenters. The van der Waals surface area contributed by atoms with E-state index < -0.39 is 0 Å². The van der Waals surface area contributed by atoms with Crippen molar-refractivity contribution in [2.75, 3.05) is 46.8 Å². The fourth-order valence-electron chi connectivity index (χ4n) is 2.13. The Bertz CT molecular complexity index is 673. The van der Waals surface area contributed by atoms with Gasteiger partial charge in [0.05, 0.1) is 5.56 Å².